The van der Waals surface area contributed by atoms with Crippen LogP contribution in [0.1, 0.15) is 28.8 Å². The number of amides is 1. The number of benzene rings is 1. The molecule has 1 aromatic heterocycles. The second-order valence-corrected chi connectivity index (χ2v) is 9.25. The summed E-state index contributed by atoms with van der Waals surface area (Å²) in [6, 6.07) is 12.0. The molecule has 29 heavy (non-hydrogen) atoms. The van der Waals surface area contributed by atoms with E-state index in [0.29, 0.717) is 30.9 Å². The van der Waals surface area contributed by atoms with Crippen molar-refractivity contribution in [3.05, 3.63) is 52.7 Å². The van der Waals surface area contributed by atoms with Gasteiger partial charge in [-0.15, -0.1) is 0 Å². The van der Waals surface area contributed by atoms with Crippen LogP contribution in [0.15, 0.2) is 30.3 Å². The minimum Gasteiger partial charge on any atom is -0.326 e. The van der Waals surface area contributed by atoms with Crippen molar-refractivity contribution >= 4 is 21.7 Å². The summed E-state index contributed by atoms with van der Waals surface area (Å²) in [5, 5.41) is 17.1. The van der Waals surface area contributed by atoms with E-state index in [-0.39, 0.29) is 19.0 Å². The van der Waals surface area contributed by atoms with Crippen LogP contribution in [-0.4, -0.2) is 48.7 Å². The lowest BCUT2D eigenvalue weighted by atomic mass is 10.2. The molecule has 1 fully saturated rings. The van der Waals surface area contributed by atoms with Gasteiger partial charge in [0, 0.05) is 25.3 Å². The molecule has 1 unspecified atom stereocenters. The van der Waals surface area contributed by atoms with E-state index in [9.17, 15) is 18.5 Å². The fourth-order valence-corrected chi connectivity index (χ4v) is 4.53. The van der Waals surface area contributed by atoms with E-state index >= 15 is 0 Å². The zero-order chi connectivity index (χ0) is 21.2. The van der Waals surface area contributed by atoms with Gasteiger partial charge in [0.15, 0.2) is 0 Å². The Hall–Kier alpha value is -2.67. The summed E-state index contributed by atoms with van der Waals surface area (Å²) in [5.74, 6) is 0.182. The van der Waals surface area contributed by atoms with E-state index in [1.54, 1.807) is 4.90 Å². The third kappa shape index (κ3) is 4.67. The second kappa shape index (κ2) is 8.37. The molecule has 0 radical (unpaired) electrons. The number of hydrogen-bond acceptors (Lipinski definition) is 5. The largest absolute Gasteiger partial charge is 0.326 e. The Kier molecular flexibility index (Phi) is 6.07. The Balaban J connectivity index is 1.78. The summed E-state index contributed by atoms with van der Waals surface area (Å²) < 4.78 is 24.9. The maximum atomic E-state index is 12.7. The molecular weight excluding hydrogens is 390 g/mol. The second-order valence-electron chi connectivity index (χ2n) is 7.40. The Morgan fingerprint density at radius 1 is 1.31 bits per heavy atom. The van der Waals surface area contributed by atoms with Gasteiger partial charge in [-0.05, 0) is 31.4 Å². The number of primary sulfonamides is 1. The van der Waals surface area contributed by atoms with Crippen LogP contribution in [0.5, 0.6) is 0 Å². The summed E-state index contributed by atoms with van der Waals surface area (Å²) >= 11 is 0. The normalized spacial score (nSPS) is 17.2. The smallest absolute Gasteiger partial charge is 0.239 e. The predicted octanol–water partition coefficient (Wildman–Crippen LogP) is 1.33. The number of hydrogen-bond donors (Lipinski definition) is 2. The zero-order valence-corrected chi connectivity index (χ0v) is 17.4. The molecule has 0 spiro atoms. The van der Waals surface area contributed by atoms with Gasteiger partial charge in [-0.1, -0.05) is 30.3 Å². The molecule has 154 valence electrons. The van der Waals surface area contributed by atoms with E-state index < -0.39 is 15.3 Å². The molecule has 1 atom stereocenters. The van der Waals surface area contributed by atoms with Gasteiger partial charge >= 0.3 is 0 Å². The Labute approximate surface area is 171 Å². The molecule has 9 heteroatoms. The van der Waals surface area contributed by atoms with E-state index in [1.165, 1.54) is 0 Å². The molecule has 1 saturated heterocycles. The lowest BCUT2D eigenvalue weighted by Crippen LogP contribution is -2.35. The monoisotopic (exact) mass is 415 g/mol. The van der Waals surface area contributed by atoms with Crippen molar-refractivity contribution in [3.8, 4) is 6.07 Å². The number of nitrogens with zero attached hydrogens (tertiary/aromatic N) is 3. The molecule has 3 rings (SSSR count). The van der Waals surface area contributed by atoms with Crippen LogP contribution in [0.2, 0.25) is 0 Å². The van der Waals surface area contributed by atoms with Crippen molar-refractivity contribution in [3.63, 3.8) is 0 Å². The SMILES string of the molecule is Cc1c(C#N)c(NC(=O)CN2CCC(S(N)(=O)=O)C2)n(Cc2ccccc2)c1C. The van der Waals surface area contributed by atoms with Crippen molar-refractivity contribution in [1.82, 2.24) is 9.47 Å². The minimum absolute atomic E-state index is 0.0471. The van der Waals surface area contributed by atoms with E-state index in [2.05, 4.69) is 11.4 Å². The van der Waals surface area contributed by atoms with E-state index in [0.717, 1.165) is 16.8 Å². The van der Waals surface area contributed by atoms with E-state index in [4.69, 9.17) is 5.14 Å². The zero-order valence-electron chi connectivity index (χ0n) is 16.6. The lowest BCUT2D eigenvalue weighted by molar-refractivity contribution is -0.117. The first kappa shape index (κ1) is 21.0. The number of carbonyl (C=O) groups excluding carboxylic acids is 1. The Morgan fingerprint density at radius 3 is 2.59 bits per heavy atom. The van der Waals surface area contributed by atoms with Crippen LogP contribution in [0.4, 0.5) is 5.82 Å². The molecule has 1 aromatic carbocycles. The summed E-state index contributed by atoms with van der Waals surface area (Å²) in [6.07, 6.45) is 0.415. The summed E-state index contributed by atoms with van der Waals surface area (Å²) in [6.45, 7) is 5.09. The highest BCUT2D eigenvalue weighted by atomic mass is 32.2. The Morgan fingerprint density at radius 2 is 2.00 bits per heavy atom. The molecule has 8 nitrogen and oxygen atoms in total. The third-order valence-corrected chi connectivity index (χ3v) is 6.76. The molecule has 0 aliphatic carbocycles. The van der Waals surface area contributed by atoms with Crippen molar-refractivity contribution in [1.29, 1.82) is 5.26 Å². The summed E-state index contributed by atoms with van der Waals surface area (Å²) in [5.41, 5.74) is 3.24. The number of carbonyl (C=O) groups is 1. The van der Waals surface area contributed by atoms with Gasteiger partial charge in [0.05, 0.1) is 17.4 Å². The highest BCUT2D eigenvalue weighted by Gasteiger charge is 2.31. The lowest BCUT2D eigenvalue weighted by Gasteiger charge is -2.17. The first-order chi connectivity index (χ1) is 13.7. The van der Waals surface area contributed by atoms with Gasteiger partial charge in [-0.2, -0.15) is 5.26 Å². The van der Waals surface area contributed by atoms with Crippen LogP contribution in [0.25, 0.3) is 0 Å². The number of nitriles is 1. The minimum atomic E-state index is -3.60. The van der Waals surface area contributed by atoms with Gasteiger partial charge in [-0.3, -0.25) is 9.69 Å². The van der Waals surface area contributed by atoms with Gasteiger partial charge in [0.25, 0.3) is 0 Å². The average Bonchev–Trinajstić information content (AvgIpc) is 3.22. The van der Waals surface area contributed by atoms with Gasteiger partial charge < -0.3 is 9.88 Å². The molecule has 1 aliphatic rings. The van der Waals surface area contributed by atoms with Gasteiger partial charge in [0.2, 0.25) is 15.9 Å². The van der Waals surface area contributed by atoms with Crippen LogP contribution in [0.3, 0.4) is 0 Å². The number of nitrogens with one attached hydrogen (secondary N) is 1. The molecule has 3 N–H and O–H groups in total. The van der Waals surface area contributed by atoms with Crippen molar-refractivity contribution in [2.24, 2.45) is 5.14 Å². The maximum Gasteiger partial charge on any atom is 0.239 e. The van der Waals surface area contributed by atoms with Crippen molar-refractivity contribution in [2.45, 2.75) is 32.1 Å². The number of sulfonamides is 1. The summed E-state index contributed by atoms with van der Waals surface area (Å²) in [4.78, 5) is 14.4. The van der Waals surface area contributed by atoms with Crippen molar-refractivity contribution in [2.75, 3.05) is 25.0 Å². The molecule has 0 bridgehead atoms. The standard InChI is InChI=1S/C20H25N5O3S/c1-14-15(2)25(11-16-6-4-3-5-7-16)20(18(14)10-21)23-19(26)13-24-9-8-17(12-24)29(22,27)28/h3-7,17H,8-9,11-13H2,1-2H3,(H,23,26)(H2,22,27,28). The number of aromatic nitrogens is 1. The number of anilines is 1. The fraction of sp³-hybridized carbons (Fsp3) is 0.400. The number of nitrogens with two attached hydrogens (primary N) is 1. The fourth-order valence-electron chi connectivity index (χ4n) is 3.68. The van der Waals surface area contributed by atoms with Crippen molar-refractivity contribution < 1.29 is 13.2 Å². The number of rotatable bonds is 6. The highest BCUT2D eigenvalue weighted by Crippen LogP contribution is 2.27. The molecule has 1 amide bonds. The predicted molar refractivity (Wildman–Crippen MR) is 111 cm³/mol. The van der Waals surface area contributed by atoms with E-state index in [1.807, 2.05) is 48.7 Å². The maximum absolute atomic E-state index is 12.7. The van der Waals surface area contributed by atoms with Crippen LogP contribution >= 0.6 is 0 Å². The van der Waals surface area contributed by atoms with Crippen LogP contribution in [0, 0.1) is 25.2 Å². The van der Waals surface area contributed by atoms with Gasteiger partial charge in [0.1, 0.15) is 11.9 Å². The quantitative estimate of drug-likeness (QED) is 0.737. The third-order valence-electron chi connectivity index (χ3n) is 5.44. The first-order valence-electron chi connectivity index (χ1n) is 9.38. The molecule has 2 aromatic rings. The summed E-state index contributed by atoms with van der Waals surface area (Å²) in [7, 11) is -3.60. The molecule has 0 saturated carbocycles. The topological polar surface area (TPSA) is 121 Å². The van der Waals surface area contributed by atoms with Crippen LogP contribution in [-0.2, 0) is 21.4 Å². The molecular formula is C20H25N5O3S. The Bertz CT molecular complexity index is 1050. The van der Waals surface area contributed by atoms with Crippen LogP contribution < -0.4 is 10.5 Å². The highest BCUT2D eigenvalue weighted by molar-refractivity contribution is 7.89. The molecule has 1 aliphatic heterocycles. The average molecular weight is 416 g/mol. The number of likely N-dealkylation sites (tertiary alicyclic amines) is 1. The first-order valence-corrected chi connectivity index (χ1v) is 11.0. The van der Waals surface area contributed by atoms with Gasteiger partial charge in [-0.25, -0.2) is 13.6 Å². The molecule has 2 heterocycles.